The molecule has 2 aromatic rings. The van der Waals surface area contributed by atoms with Gasteiger partial charge in [-0.05, 0) is 36.0 Å². The van der Waals surface area contributed by atoms with Crippen molar-refractivity contribution in [3.8, 4) is 11.5 Å². The zero-order chi connectivity index (χ0) is 18.9. The number of carbonyl (C=O) groups is 1. The summed E-state index contributed by atoms with van der Waals surface area (Å²) in [7, 11) is -3.95. The van der Waals surface area contributed by atoms with Crippen LogP contribution in [0.15, 0.2) is 33.9 Å². The summed E-state index contributed by atoms with van der Waals surface area (Å²) in [6.45, 7) is 7.53. The van der Waals surface area contributed by atoms with Gasteiger partial charge in [-0.3, -0.25) is 4.79 Å². The Labute approximate surface area is 153 Å². The van der Waals surface area contributed by atoms with Crippen LogP contribution in [-0.2, 0) is 20.0 Å². The van der Waals surface area contributed by atoms with E-state index in [4.69, 9.17) is 4.42 Å². The molecule has 1 fully saturated rings. The van der Waals surface area contributed by atoms with Gasteiger partial charge in [-0.2, -0.15) is 0 Å². The number of sulfone groups is 1. The van der Waals surface area contributed by atoms with Crippen LogP contribution in [0.25, 0.3) is 11.5 Å². The summed E-state index contributed by atoms with van der Waals surface area (Å²) >= 11 is 0. The molecule has 0 bridgehead atoms. The van der Waals surface area contributed by atoms with Crippen molar-refractivity contribution >= 4 is 15.7 Å². The highest BCUT2D eigenvalue weighted by Gasteiger charge is 2.29. The number of nitrogens with zero attached hydrogens (tertiary/aromatic N) is 3. The van der Waals surface area contributed by atoms with Gasteiger partial charge in [0.05, 0.1) is 0 Å². The maximum absolute atomic E-state index is 12.4. The second-order valence-corrected chi connectivity index (χ2v) is 9.41. The third kappa shape index (κ3) is 3.95. The Bertz CT molecular complexity index is 889. The Morgan fingerprint density at radius 2 is 1.73 bits per heavy atom. The standard InChI is InChI=1S/C18H23N3O4S/c1-18(2,3)14-8-6-13(7-9-14)16-19-20-17(25-16)26(23,24)12-15(22)21-10-4-5-11-21/h6-9H,4-5,10-12H2,1-3H3. The smallest absolute Gasteiger partial charge is 0.336 e. The molecule has 1 amide bonds. The van der Waals surface area contributed by atoms with Gasteiger partial charge in [0.25, 0.3) is 0 Å². The molecule has 0 spiro atoms. The van der Waals surface area contributed by atoms with Crippen molar-refractivity contribution < 1.29 is 17.6 Å². The number of likely N-dealkylation sites (tertiary alicyclic amines) is 1. The van der Waals surface area contributed by atoms with Gasteiger partial charge in [0.2, 0.25) is 21.6 Å². The molecule has 0 saturated carbocycles. The van der Waals surface area contributed by atoms with E-state index >= 15 is 0 Å². The van der Waals surface area contributed by atoms with E-state index < -0.39 is 26.7 Å². The van der Waals surface area contributed by atoms with E-state index in [0.29, 0.717) is 18.7 Å². The number of amides is 1. The molecule has 1 saturated heterocycles. The number of benzene rings is 1. The Hall–Kier alpha value is -2.22. The lowest BCUT2D eigenvalue weighted by Crippen LogP contribution is -2.33. The predicted molar refractivity (Wildman–Crippen MR) is 96.3 cm³/mol. The topological polar surface area (TPSA) is 93.4 Å². The Morgan fingerprint density at radius 3 is 2.31 bits per heavy atom. The van der Waals surface area contributed by atoms with Gasteiger partial charge in [0, 0.05) is 18.7 Å². The second kappa shape index (κ2) is 6.83. The van der Waals surface area contributed by atoms with Gasteiger partial charge in [-0.25, -0.2) is 8.42 Å². The summed E-state index contributed by atoms with van der Waals surface area (Å²) in [4.78, 5) is 13.7. The lowest BCUT2D eigenvalue weighted by atomic mass is 9.87. The van der Waals surface area contributed by atoms with Gasteiger partial charge >= 0.3 is 5.22 Å². The average Bonchev–Trinajstić information content (AvgIpc) is 3.26. The lowest BCUT2D eigenvalue weighted by molar-refractivity contribution is -0.127. The van der Waals surface area contributed by atoms with Crippen LogP contribution in [0.1, 0.15) is 39.2 Å². The summed E-state index contributed by atoms with van der Waals surface area (Å²) < 4.78 is 30.1. The van der Waals surface area contributed by atoms with Gasteiger partial charge in [0.15, 0.2) is 0 Å². The lowest BCUT2D eigenvalue weighted by Gasteiger charge is -2.18. The van der Waals surface area contributed by atoms with Crippen LogP contribution in [0.2, 0.25) is 0 Å². The highest BCUT2D eigenvalue weighted by Crippen LogP contribution is 2.26. The highest BCUT2D eigenvalue weighted by molar-refractivity contribution is 7.91. The minimum Gasteiger partial charge on any atom is -0.408 e. The number of hydrogen-bond acceptors (Lipinski definition) is 6. The molecule has 0 atom stereocenters. The normalized spacial score (nSPS) is 15.4. The van der Waals surface area contributed by atoms with Crippen molar-refractivity contribution in [1.29, 1.82) is 0 Å². The van der Waals surface area contributed by atoms with Gasteiger partial charge in [-0.1, -0.05) is 38.0 Å². The third-order valence-corrected chi connectivity index (χ3v) is 5.77. The zero-order valence-electron chi connectivity index (χ0n) is 15.2. The summed E-state index contributed by atoms with van der Waals surface area (Å²) in [6, 6.07) is 7.54. The van der Waals surface area contributed by atoms with E-state index in [2.05, 4.69) is 31.0 Å². The summed E-state index contributed by atoms with van der Waals surface area (Å²) in [5.74, 6) is -0.938. The van der Waals surface area contributed by atoms with Gasteiger partial charge in [-0.15, -0.1) is 5.10 Å². The monoisotopic (exact) mass is 377 g/mol. The summed E-state index contributed by atoms with van der Waals surface area (Å²) in [5, 5.41) is 6.95. The first-order valence-electron chi connectivity index (χ1n) is 8.62. The number of rotatable bonds is 4. The fourth-order valence-electron chi connectivity index (χ4n) is 2.85. The molecule has 8 heteroatoms. The van der Waals surface area contributed by atoms with Crippen LogP contribution in [0.4, 0.5) is 0 Å². The van der Waals surface area contributed by atoms with Crippen molar-refractivity contribution in [1.82, 2.24) is 15.1 Å². The van der Waals surface area contributed by atoms with Gasteiger partial charge < -0.3 is 9.32 Å². The van der Waals surface area contributed by atoms with Crippen molar-refractivity contribution in [3.63, 3.8) is 0 Å². The largest absolute Gasteiger partial charge is 0.408 e. The molecule has 1 aliphatic rings. The van der Waals surface area contributed by atoms with E-state index in [1.807, 2.05) is 24.3 Å². The number of aromatic nitrogens is 2. The van der Waals surface area contributed by atoms with Crippen molar-refractivity contribution in [2.75, 3.05) is 18.8 Å². The molecular weight excluding hydrogens is 354 g/mol. The molecule has 3 rings (SSSR count). The number of hydrogen-bond donors (Lipinski definition) is 0. The number of carbonyl (C=O) groups excluding carboxylic acids is 1. The molecule has 2 heterocycles. The van der Waals surface area contributed by atoms with Crippen molar-refractivity contribution in [2.24, 2.45) is 0 Å². The van der Waals surface area contributed by atoms with Crippen LogP contribution >= 0.6 is 0 Å². The quantitative estimate of drug-likeness (QED) is 0.812. The molecule has 7 nitrogen and oxygen atoms in total. The Balaban J connectivity index is 1.77. The molecule has 26 heavy (non-hydrogen) atoms. The maximum atomic E-state index is 12.4. The van der Waals surface area contributed by atoms with Crippen LogP contribution in [0.5, 0.6) is 0 Å². The first-order valence-corrected chi connectivity index (χ1v) is 10.3. The molecule has 1 aromatic heterocycles. The zero-order valence-corrected chi connectivity index (χ0v) is 16.0. The molecular formula is C18H23N3O4S. The minimum absolute atomic E-state index is 0.0117. The molecule has 0 N–H and O–H groups in total. The summed E-state index contributed by atoms with van der Waals surface area (Å²) in [5.41, 5.74) is 1.79. The fraction of sp³-hybridized carbons (Fsp3) is 0.500. The predicted octanol–water partition coefficient (Wildman–Crippen LogP) is 2.43. The highest BCUT2D eigenvalue weighted by atomic mass is 32.2. The van der Waals surface area contributed by atoms with E-state index in [1.165, 1.54) is 0 Å². The molecule has 0 unspecified atom stereocenters. The van der Waals surface area contributed by atoms with Crippen molar-refractivity contribution in [2.45, 2.75) is 44.3 Å². The van der Waals surface area contributed by atoms with Crippen molar-refractivity contribution in [3.05, 3.63) is 29.8 Å². The third-order valence-electron chi connectivity index (χ3n) is 4.44. The van der Waals surface area contributed by atoms with Gasteiger partial charge in [0.1, 0.15) is 5.75 Å². The second-order valence-electron chi connectivity index (χ2n) is 7.55. The Kier molecular flexibility index (Phi) is 4.88. The maximum Gasteiger partial charge on any atom is 0.336 e. The molecule has 1 aliphatic heterocycles. The van der Waals surface area contributed by atoms with Crippen LogP contribution in [0.3, 0.4) is 0 Å². The van der Waals surface area contributed by atoms with E-state index in [-0.39, 0.29) is 11.3 Å². The Morgan fingerprint density at radius 1 is 1.12 bits per heavy atom. The molecule has 0 aliphatic carbocycles. The molecule has 1 aromatic carbocycles. The first-order chi connectivity index (χ1) is 12.2. The first kappa shape index (κ1) is 18.6. The fourth-order valence-corrected chi connectivity index (χ4v) is 3.85. The van der Waals surface area contributed by atoms with Crippen LogP contribution < -0.4 is 0 Å². The summed E-state index contributed by atoms with van der Waals surface area (Å²) in [6.07, 6.45) is 1.81. The van der Waals surface area contributed by atoms with E-state index in [9.17, 15) is 13.2 Å². The molecule has 140 valence electrons. The van der Waals surface area contributed by atoms with Crippen LogP contribution in [0, 0.1) is 0 Å². The van der Waals surface area contributed by atoms with E-state index in [0.717, 1.165) is 18.4 Å². The SMILES string of the molecule is CC(C)(C)c1ccc(-c2nnc(S(=O)(=O)CC(=O)N3CCCC3)o2)cc1. The van der Waals surface area contributed by atoms with Crippen LogP contribution in [-0.4, -0.2) is 48.3 Å². The van der Waals surface area contributed by atoms with E-state index in [1.54, 1.807) is 4.90 Å². The minimum atomic E-state index is -3.95. The average molecular weight is 377 g/mol. The molecule has 0 radical (unpaired) electrons.